The highest BCUT2D eigenvalue weighted by Crippen LogP contribution is 2.01. The summed E-state index contributed by atoms with van der Waals surface area (Å²) in [6.07, 6.45) is 4.82. The minimum Gasteiger partial charge on any atom is -0.316 e. The highest BCUT2D eigenvalue weighted by atomic mass is 79.9. The predicted molar refractivity (Wildman–Crippen MR) is 74.1 cm³/mol. The number of hydrogen-bond acceptors (Lipinski definition) is 3. The highest BCUT2D eigenvalue weighted by Gasteiger charge is 2.14. The number of unbranched alkanes of at least 4 members (excludes halogenated alkanes) is 3. The van der Waals surface area contributed by atoms with Crippen molar-refractivity contribution in [2.24, 2.45) is 0 Å². The van der Waals surface area contributed by atoms with E-state index in [1.54, 1.807) is 13.8 Å². The van der Waals surface area contributed by atoms with E-state index in [-0.39, 0.29) is 11.0 Å². The summed E-state index contributed by atoms with van der Waals surface area (Å²) in [6.45, 7) is 4.97. The third kappa shape index (κ3) is 8.53. The van der Waals surface area contributed by atoms with Crippen molar-refractivity contribution >= 4 is 25.8 Å². The molecule has 0 fully saturated rings. The van der Waals surface area contributed by atoms with E-state index < -0.39 is 9.84 Å². The Morgan fingerprint density at radius 2 is 1.69 bits per heavy atom. The molecule has 0 atom stereocenters. The number of rotatable bonds is 10. The lowest BCUT2D eigenvalue weighted by Gasteiger charge is -2.08. The topological polar surface area (TPSA) is 46.2 Å². The van der Waals surface area contributed by atoms with Gasteiger partial charge in [-0.1, -0.05) is 28.8 Å². The molecule has 0 aromatic rings. The lowest BCUT2D eigenvalue weighted by Crippen LogP contribution is -2.27. The van der Waals surface area contributed by atoms with Gasteiger partial charge in [0.15, 0.2) is 9.84 Å². The van der Waals surface area contributed by atoms with Gasteiger partial charge in [0.25, 0.3) is 0 Å². The maximum Gasteiger partial charge on any atom is 0.153 e. The van der Waals surface area contributed by atoms with Crippen LogP contribution in [0.15, 0.2) is 0 Å². The van der Waals surface area contributed by atoms with E-state index in [1.807, 2.05) is 0 Å². The van der Waals surface area contributed by atoms with Crippen LogP contribution < -0.4 is 5.32 Å². The maximum atomic E-state index is 11.5. The van der Waals surface area contributed by atoms with Gasteiger partial charge >= 0.3 is 0 Å². The van der Waals surface area contributed by atoms with Crippen LogP contribution in [-0.2, 0) is 9.84 Å². The molecule has 1 N–H and O–H groups in total. The Labute approximate surface area is 108 Å². The second kappa shape index (κ2) is 9.42. The summed E-state index contributed by atoms with van der Waals surface area (Å²) in [4.78, 5) is 0. The molecule has 0 aromatic heterocycles. The minimum absolute atomic E-state index is 0.256. The van der Waals surface area contributed by atoms with Crippen LogP contribution in [0.5, 0.6) is 0 Å². The molecule has 0 aliphatic rings. The van der Waals surface area contributed by atoms with Gasteiger partial charge in [-0.3, -0.25) is 0 Å². The summed E-state index contributed by atoms with van der Waals surface area (Å²) in [5, 5.41) is 4.00. The van der Waals surface area contributed by atoms with Crippen LogP contribution in [0.4, 0.5) is 0 Å². The van der Waals surface area contributed by atoms with Gasteiger partial charge < -0.3 is 5.32 Å². The van der Waals surface area contributed by atoms with Crippen molar-refractivity contribution in [2.75, 3.05) is 24.2 Å². The quantitative estimate of drug-likeness (QED) is 0.497. The van der Waals surface area contributed by atoms with Gasteiger partial charge in [-0.2, -0.15) is 0 Å². The van der Waals surface area contributed by atoms with Crippen molar-refractivity contribution < 1.29 is 8.42 Å². The van der Waals surface area contributed by atoms with E-state index >= 15 is 0 Å². The van der Waals surface area contributed by atoms with Crippen LogP contribution in [0.25, 0.3) is 0 Å². The van der Waals surface area contributed by atoms with E-state index in [9.17, 15) is 8.42 Å². The fourth-order valence-corrected chi connectivity index (χ4v) is 2.57. The molecule has 0 heterocycles. The number of halogens is 1. The lowest BCUT2D eigenvalue weighted by atomic mass is 10.2. The summed E-state index contributed by atoms with van der Waals surface area (Å²) in [7, 11) is -2.87. The van der Waals surface area contributed by atoms with Crippen LogP contribution >= 0.6 is 15.9 Å². The molecular formula is C11H24BrNO2S. The van der Waals surface area contributed by atoms with Crippen LogP contribution in [0.1, 0.15) is 39.5 Å². The monoisotopic (exact) mass is 313 g/mol. The Kier molecular flexibility index (Phi) is 9.65. The third-order valence-corrected chi connectivity index (χ3v) is 5.29. The summed E-state index contributed by atoms with van der Waals surface area (Å²) < 4.78 is 22.9. The molecule has 0 bridgehead atoms. The van der Waals surface area contributed by atoms with Crippen molar-refractivity contribution in [3.8, 4) is 0 Å². The first kappa shape index (κ1) is 16.4. The molecule has 5 heteroatoms. The molecule has 0 amide bonds. The first-order valence-electron chi connectivity index (χ1n) is 5.99. The maximum absolute atomic E-state index is 11.5. The second-order valence-electron chi connectivity index (χ2n) is 4.27. The normalized spacial score (nSPS) is 12.2. The summed E-state index contributed by atoms with van der Waals surface area (Å²) in [6, 6.07) is 0. The largest absolute Gasteiger partial charge is 0.316 e. The number of alkyl halides is 1. The first-order chi connectivity index (χ1) is 7.50. The Bertz CT molecular complexity index is 253. The van der Waals surface area contributed by atoms with Gasteiger partial charge in [0.05, 0.1) is 11.0 Å². The molecule has 0 rings (SSSR count). The average molecular weight is 314 g/mol. The molecule has 0 unspecified atom stereocenters. The molecule has 98 valence electrons. The molecular weight excluding hydrogens is 290 g/mol. The van der Waals surface area contributed by atoms with Crippen LogP contribution in [0.2, 0.25) is 0 Å². The van der Waals surface area contributed by atoms with E-state index in [0.29, 0.717) is 6.54 Å². The summed E-state index contributed by atoms with van der Waals surface area (Å²) in [5.41, 5.74) is 0. The van der Waals surface area contributed by atoms with Crippen LogP contribution in [0.3, 0.4) is 0 Å². The van der Waals surface area contributed by atoms with Gasteiger partial charge in [-0.25, -0.2) is 8.42 Å². The molecule has 0 aliphatic carbocycles. The molecule has 0 spiro atoms. The van der Waals surface area contributed by atoms with Gasteiger partial charge in [0.2, 0.25) is 0 Å². The zero-order valence-corrected chi connectivity index (χ0v) is 12.7. The third-order valence-electron chi connectivity index (χ3n) is 2.52. The van der Waals surface area contributed by atoms with E-state index in [4.69, 9.17) is 0 Å². The number of nitrogens with one attached hydrogen (secondary N) is 1. The Morgan fingerprint density at radius 3 is 2.25 bits per heavy atom. The van der Waals surface area contributed by atoms with Crippen molar-refractivity contribution in [3.63, 3.8) is 0 Å². The zero-order chi connectivity index (χ0) is 12.4. The van der Waals surface area contributed by atoms with Crippen LogP contribution in [-0.4, -0.2) is 37.8 Å². The standard InChI is InChI=1S/C11H24BrNO2S/c1-11(2)16(14,15)10-9-13-8-6-4-3-5-7-12/h11,13H,3-10H2,1-2H3. The van der Waals surface area contributed by atoms with E-state index in [1.165, 1.54) is 19.3 Å². The summed E-state index contributed by atoms with van der Waals surface area (Å²) >= 11 is 3.40. The zero-order valence-electron chi connectivity index (χ0n) is 10.3. The van der Waals surface area contributed by atoms with Gasteiger partial charge in [-0.05, 0) is 33.2 Å². The molecule has 0 aromatic carbocycles. The van der Waals surface area contributed by atoms with Crippen molar-refractivity contribution in [1.82, 2.24) is 5.32 Å². The highest BCUT2D eigenvalue weighted by molar-refractivity contribution is 9.09. The van der Waals surface area contributed by atoms with Crippen molar-refractivity contribution in [1.29, 1.82) is 0 Å². The van der Waals surface area contributed by atoms with E-state index in [2.05, 4.69) is 21.2 Å². The number of hydrogen-bond donors (Lipinski definition) is 1. The fourth-order valence-electron chi connectivity index (χ4n) is 1.27. The Balaban J connectivity index is 3.34. The molecule has 0 radical (unpaired) electrons. The Morgan fingerprint density at radius 1 is 1.06 bits per heavy atom. The van der Waals surface area contributed by atoms with Crippen molar-refractivity contribution in [3.05, 3.63) is 0 Å². The van der Waals surface area contributed by atoms with Gasteiger partial charge in [0, 0.05) is 11.9 Å². The Hall–Kier alpha value is 0.390. The second-order valence-corrected chi connectivity index (χ2v) is 7.74. The molecule has 0 saturated carbocycles. The first-order valence-corrected chi connectivity index (χ1v) is 8.82. The number of sulfone groups is 1. The van der Waals surface area contributed by atoms with E-state index in [0.717, 1.165) is 18.3 Å². The molecule has 3 nitrogen and oxygen atoms in total. The average Bonchev–Trinajstić information content (AvgIpc) is 2.21. The SMILES string of the molecule is CC(C)S(=O)(=O)CCNCCCCCCBr. The predicted octanol–water partition coefficient (Wildman–Crippen LogP) is 2.35. The lowest BCUT2D eigenvalue weighted by molar-refractivity contribution is 0.576. The summed E-state index contributed by atoms with van der Waals surface area (Å²) in [5.74, 6) is 0.256. The fraction of sp³-hybridized carbons (Fsp3) is 1.00. The minimum atomic E-state index is -2.87. The molecule has 0 saturated heterocycles. The van der Waals surface area contributed by atoms with Gasteiger partial charge in [-0.15, -0.1) is 0 Å². The van der Waals surface area contributed by atoms with Gasteiger partial charge in [0.1, 0.15) is 0 Å². The molecule has 16 heavy (non-hydrogen) atoms. The smallest absolute Gasteiger partial charge is 0.153 e. The molecule has 0 aliphatic heterocycles. The van der Waals surface area contributed by atoms with Crippen molar-refractivity contribution in [2.45, 2.75) is 44.8 Å². The van der Waals surface area contributed by atoms with Crippen LogP contribution in [0, 0.1) is 0 Å².